The van der Waals surface area contributed by atoms with E-state index >= 15 is 0 Å². The minimum absolute atomic E-state index is 0.0505. The van der Waals surface area contributed by atoms with Crippen LogP contribution >= 0.6 is 0 Å². The van der Waals surface area contributed by atoms with Crippen molar-refractivity contribution in [3.8, 4) is 22.5 Å². The number of benzene rings is 1. The molecule has 0 radical (unpaired) electrons. The number of hydrogen-bond acceptors (Lipinski definition) is 8. The molecule has 1 amide bonds. The van der Waals surface area contributed by atoms with Crippen LogP contribution in [0, 0.1) is 6.92 Å². The summed E-state index contributed by atoms with van der Waals surface area (Å²) in [5.74, 6) is 0.350. The van der Waals surface area contributed by atoms with Crippen molar-refractivity contribution in [2.45, 2.75) is 77.8 Å². The zero-order valence-electron chi connectivity index (χ0n) is 24.5. The molecule has 0 aliphatic heterocycles. The Kier molecular flexibility index (Phi) is 6.96. The minimum atomic E-state index is -0.412. The van der Waals surface area contributed by atoms with Crippen LogP contribution in [0.2, 0.25) is 0 Å². The van der Waals surface area contributed by atoms with Gasteiger partial charge in [-0.1, -0.05) is 38.1 Å². The molecule has 1 N–H and O–H groups in total. The standard InChI is InChI=1S/C31H34N8O3/c1-18-14-20(6-11-24(18)19(2)34-28(41)29-36-30(37-42-29)31(3,4)5)27-26-12-13-32-39(26)17-25(35-27)21-15-33-38(16-21)22-7-9-23(40)10-8-22/h6,11-17,19,22H,7-10H2,1-5H3,(H,34,41)/t19-/m1/s1. The summed E-state index contributed by atoms with van der Waals surface area (Å²) in [5, 5.41) is 16.0. The SMILES string of the molecule is Cc1cc(-c2nc(-c3cnn(C4CCC(=O)CC4)c3)cn3nccc23)ccc1[C@@H](C)NC(=O)c1nc(C(C)(C)C)no1. The van der Waals surface area contributed by atoms with Crippen molar-refractivity contribution >= 4 is 17.2 Å². The van der Waals surface area contributed by atoms with Gasteiger partial charge in [0.05, 0.1) is 47.6 Å². The van der Waals surface area contributed by atoms with Crippen LogP contribution in [0.4, 0.5) is 0 Å². The van der Waals surface area contributed by atoms with Crippen molar-refractivity contribution in [3.05, 3.63) is 71.9 Å². The summed E-state index contributed by atoms with van der Waals surface area (Å²) in [6.07, 6.45) is 10.3. The highest BCUT2D eigenvalue weighted by atomic mass is 16.5. The first-order valence-corrected chi connectivity index (χ1v) is 14.2. The Morgan fingerprint density at radius 2 is 1.86 bits per heavy atom. The smallest absolute Gasteiger partial charge is 0.315 e. The Morgan fingerprint density at radius 3 is 2.57 bits per heavy atom. The van der Waals surface area contributed by atoms with Crippen molar-refractivity contribution < 1.29 is 14.1 Å². The van der Waals surface area contributed by atoms with Crippen molar-refractivity contribution in [1.29, 1.82) is 0 Å². The number of nitrogens with one attached hydrogen (secondary N) is 1. The highest BCUT2D eigenvalue weighted by molar-refractivity contribution is 5.89. The molecule has 4 aromatic heterocycles. The molecule has 1 aliphatic carbocycles. The molecular formula is C31H34N8O3. The molecule has 1 aliphatic rings. The van der Waals surface area contributed by atoms with E-state index in [9.17, 15) is 9.59 Å². The van der Waals surface area contributed by atoms with Crippen LogP contribution in [-0.2, 0) is 10.2 Å². The number of aryl methyl sites for hydroxylation is 1. The van der Waals surface area contributed by atoms with Gasteiger partial charge >= 0.3 is 11.8 Å². The number of amides is 1. The molecular weight excluding hydrogens is 532 g/mol. The van der Waals surface area contributed by atoms with Gasteiger partial charge < -0.3 is 9.84 Å². The maximum atomic E-state index is 12.8. The molecule has 11 heteroatoms. The first kappa shape index (κ1) is 27.5. The van der Waals surface area contributed by atoms with E-state index in [0.717, 1.165) is 52.0 Å². The van der Waals surface area contributed by atoms with Crippen LogP contribution in [0.5, 0.6) is 0 Å². The third-order valence-corrected chi connectivity index (χ3v) is 7.82. The third-order valence-electron chi connectivity index (χ3n) is 7.82. The second-order valence-electron chi connectivity index (χ2n) is 12.1. The average molecular weight is 567 g/mol. The fourth-order valence-electron chi connectivity index (χ4n) is 5.40. The first-order valence-electron chi connectivity index (χ1n) is 14.2. The lowest BCUT2D eigenvalue weighted by Gasteiger charge is -2.21. The van der Waals surface area contributed by atoms with E-state index in [1.54, 1.807) is 6.20 Å². The van der Waals surface area contributed by atoms with Crippen LogP contribution in [0.15, 0.2) is 53.6 Å². The average Bonchev–Trinajstić information content (AvgIpc) is 3.73. The highest BCUT2D eigenvalue weighted by Gasteiger charge is 2.25. The van der Waals surface area contributed by atoms with Gasteiger partial charge in [-0.25, -0.2) is 9.50 Å². The summed E-state index contributed by atoms with van der Waals surface area (Å²) in [5.41, 5.74) is 5.93. The topological polar surface area (TPSA) is 133 Å². The Bertz CT molecular complexity index is 1780. The summed E-state index contributed by atoms with van der Waals surface area (Å²) in [6, 6.07) is 7.97. The number of Topliss-reactive ketones (excluding diaryl/α,β-unsaturated/α-hetero) is 1. The number of fused-ring (bicyclic) bond motifs is 1. The van der Waals surface area contributed by atoms with Gasteiger partial charge in [0.1, 0.15) is 5.78 Å². The molecule has 4 heterocycles. The molecule has 11 nitrogen and oxygen atoms in total. The zero-order chi connectivity index (χ0) is 29.6. The van der Waals surface area contributed by atoms with Gasteiger partial charge in [0.15, 0.2) is 5.82 Å². The molecule has 1 aromatic carbocycles. The molecule has 5 aromatic rings. The van der Waals surface area contributed by atoms with E-state index in [2.05, 4.69) is 31.7 Å². The molecule has 0 saturated heterocycles. The van der Waals surface area contributed by atoms with E-state index < -0.39 is 5.91 Å². The van der Waals surface area contributed by atoms with Crippen molar-refractivity contribution in [3.63, 3.8) is 0 Å². The number of ketones is 1. The third kappa shape index (κ3) is 5.34. The monoisotopic (exact) mass is 566 g/mol. The Morgan fingerprint density at radius 1 is 1.07 bits per heavy atom. The quantitative estimate of drug-likeness (QED) is 0.288. The van der Waals surface area contributed by atoms with E-state index in [-0.39, 0.29) is 23.4 Å². The largest absolute Gasteiger partial charge is 0.341 e. The molecule has 0 unspecified atom stereocenters. The summed E-state index contributed by atoms with van der Waals surface area (Å²) >= 11 is 0. The zero-order valence-corrected chi connectivity index (χ0v) is 24.5. The van der Waals surface area contributed by atoms with Gasteiger partial charge in [-0.05, 0) is 49.9 Å². The van der Waals surface area contributed by atoms with E-state index in [1.807, 2.05) is 80.6 Å². The Labute approximate surface area is 243 Å². The maximum Gasteiger partial charge on any atom is 0.315 e. The van der Waals surface area contributed by atoms with Crippen LogP contribution < -0.4 is 5.32 Å². The molecule has 1 saturated carbocycles. The fraction of sp³-hybridized carbons (Fsp3) is 0.387. The number of hydrogen-bond donors (Lipinski definition) is 1. The van der Waals surface area contributed by atoms with Crippen molar-refractivity contribution in [2.75, 3.05) is 0 Å². The van der Waals surface area contributed by atoms with Crippen LogP contribution in [0.3, 0.4) is 0 Å². The number of carbonyl (C=O) groups excluding carboxylic acids is 2. The number of aromatic nitrogens is 7. The number of carbonyl (C=O) groups is 2. The lowest BCUT2D eigenvalue weighted by molar-refractivity contribution is -0.120. The maximum absolute atomic E-state index is 12.8. The summed E-state index contributed by atoms with van der Waals surface area (Å²) in [6.45, 7) is 9.83. The fourth-order valence-corrected chi connectivity index (χ4v) is 5.40. The van der Waals surface area contributed by atoms with Crippen molar-refractivity contribution in [1.82, 2.24) is 39.8 Å². The van der Waals surface area contributed by atoms with Crippen LogP contribution in [0.25, 0.3) is 28.0 Å². The van der Waals surface area contributed by atoms with E-state index in [4.69, 9.17) is 9.51 Å². The molecule has 1 atom stereocenters. The minimum Gasteiger partial charge on any atom is -0.341 e. The predicted octanol–water partition coefficient (Wildman–Crippen LogP) is 5.42. The van der Waals surface area contributed by atoms with Gasteiger partial charge in [-0.15, -0.1) is 0 Å². The lowest BCUT2D eigenvalue weighted by atomic mass is 9.94. The lowest BCUT2D eigenvalue weighted by Crippen LogP contribution is -2.27. The summed E-state index contributed by atoms with van der Waals surface area (Å²) in [7, 11) is 0. The molecule has 0 spiro atoms. The molecule has 6 rings (SSSR count). The van der Waals surface area contributed by atoms with E-state index in [1.165, 1.54) is 0 Å². The van der Waals surface area contributed by atoms with Crippen molar-refractivity contribution in [2.24, 2.45) is 0 Å². The summed E-state index contributed by atoms with van der Waals surface area (Å²) in [4.78, 5) is 33.8. The Balaban J connectivity index is 1.25. The Hall–Kier alpha value is -4.67. The van der Waals surface area contributed by atoms with E-state index in [0.29, 0.717) is 24.4 Å². The highest BCUT2D eigenvalue weighted by Crippen LogP contribution is 2.31. The van der Waals surface area contributed by atoms with Gasteiger partial charge in [-0.3, -0.25) is 14.3 Å². The first-order chi connectivity index (χ1) is 20.1. The molecule has 0 bridgehead atoms. The number of nitrogens with zero attached hydrogens (tertiary/aromatic N) is 7. The predicted molar refractivity (Wildman–Crippen MR) is 156 cm³/mol. The van der Waals surface area contributed by atoms with Gasteiger partial charge in [0, 0.05) is 35.6 Å². The normalized spacial score (nSPS) is 15.3. The van der Waals surface area contributed by atoms with Gasteiger partial charge in [0.25, 0.3) is 0 Å². The second-order valence-corrected chi connectivity index (χ2v) is 12.1. The van der Waals surface area contributed by atoms with Crippen LogP contribution in [-0.4, -0.2) is 46.2 Å². The second kappa shape index (κ2) is 10.6. The van der Waals surface area contributed by atoms with Crippen LogP contribution in [0.1, 0.15) is 93.1 Å². The molecule has 42 heavy (non-hydrogen) atoms. The molecule has 216 valence electrons. The van der Waals surface area contributed by atoms with Gasteiger partial charge in [0.2, 0.25) is 0 Å². The molecule has 1 fully saturated rings. The number of rotatable bonds is 6. The summed E-state index contributed by atoms with van der Waals surface area (Å²) < 4.78 is 9.00. The van der Waals surface area contributed by atoms with Gasteiger partial charge in [-0.2, -0.15) is 15.2 Å².